The highest BCUT2D eigenvalue weighted by molar-refractivity contribution is 5.87. The molecule has 126 valence electrons. The third-order valence-electron chi connectivity index (χ3n) is 2.19. The number of ether oxygens (including phenoxy) is 2. The first-order valence-electron chi connectivity index (χ1n) is 7.04. The monoisotopic (exact) mass is 318 g/mol. The van der Waals surface area contributed by atoms with Gasteiger partial charge in [-0.2, -0.15) is 0 Å². The number of hydrogen-bond acceptors (Lipinski definition) is 4. The highest BCUT2D eigenvalue weighted by Crippen LogP contribution is 1.97. The van der Waals surface area contributed by atoms with Gasteiger partial charge in [0.1, 0.15) is 0 Å². The predicted molar refractivity (Wildman–Crippen MR) is 94.8 cm³/mol. The van der Waals surface area contributed by atoms with Gasteiger partial charge in [0.05, 0.1) is 13.7 Å². The minimum atomic E-state index is -0.347. The van der Waals surface area contributed by atoms with Gasteiger partial charge in [-0.3, -0.25) is 0 Å². The molecule has 23 heavy (non-hydrogen) atoms. The molecule has 0 aliphatic heterocycles. The second-order valence-electron chi connectivity index (χ2n) is 4.39. The summed E-state index contributed by atoms with van der Waals surface area (Å²) in [6, 6.07) is 10.0. The van der Waals surface area contributed by atoms with Crippen LogP contribution in [0.2, 0.25) is 0 Å². The Labute approximate surface area is 139 Å². The van der Waals surface area contributed by atoms with Crippen LogP contribution in [0.1, 0.15) is 26.3 Å². The third kappa shape index (κ3) is 14.1. The van der Waals surface area contributed by atoms with Crippen molar-refractivity contribution in [3.05, 3.63) is 66.8 Å². The van der Waals surface area contributed by atoms with Crippen LogP contribution in [-0.4, -0.2) is 25.7 Å². The molecule has 0 fully saturated rings. The third-order valence-corrected chi connectivity index (χ3v) is 2.19. The molecule has 0 aliphatic carbocycles. The number of carbonyl (C=O) groups excluding carboxylic acids is 2. The second-order valence-corrected chi connectivity index (χ2v) is 4.39. The number of carbonyl (C=O) groups is 2. The summed E-state index contributed by atoms with van der Waals surface area (Å²) < 4.78 is 8.84. The molecule has 0 heterocycles. The summed E-state index contributed by atoms with van der Waals surface area (Å²) >= 11 is 0. The maximum absolute atomic E-state index is 10.4. The predicted octanol–water partition coefficient (Wildman–Crippen LogP) is 4.19. The van der Waals surface area contributed by atoms with Crippen LogP contribution in [0, 0.1) is 0 Å². The first-order chi connectivity index (χ1) is 10.8. The first kappa shape index (κ1) is 22.7. The van der Waals surface area contributed by atoms with Crippen LogP contribution in [0.25, 0.3) is 6.08 Å². The Hall–Kier alpha value is -2.62. The Morgan fingerprint density at radius 3 is 1.70 bits per heavy atom. The van der Waals surface area contributed by atoms with Crippen molar-refractivity contribution in [3.8, 4) is 0 Å². The van der Waals surface area contributed by atoms with Gasteiger partial charge in [0.15, 0.2) is 0 Å². The van der Waals surface area contributed by atoms with Crippen LogP contribution in [0.5, 0.6) is 0 Å². The van der Waals surface area contributed by atoms with Gasteiger partial charge < -0.3 is 9.47 Å². The molecular weight excluding hydrogens is 292 g/mol. The zero-order chi connectivity index (χ0) is 18.3. The number of hydrogen-bond donors (Lipinski definition) is 0. The lowest BCUT2D eigenvalue weighted by Crippen LogP contribution is -2.03. The quantitative estimate of drug-likeness (QED) is 0.617. The van der Waals surface area contributed by atoms with Crippen LogP contribution in [0.15, 0.2) is 61.2 Å². The van der Waals surface area contributed by atoms with Gasteiger partial charge in [-0.05, 0) is 26.3 Å². The van der Waals surface area contributed by atoms with Crippen LogP contribution in [0.4, 0.5) is 0 Å². The lowest BCUT2D eigenvalue weighted by molar-refractivity contribution is -0.138. The topological polar surface area (TPSA) is 52.6 Å². The molecule has 1 rings (SSSR count). The van der Waals surface area contributed by atoms with E-state index in [-0.39, 0.29) is 11.9 Å². The van der Waals surface area contributed by atoms with Gasteiger partial charge in [0.2, 0.25) is 0 Å². The molecule has 0 spiro atoms. The highest BCUT2D eigenvalue weighted by atomic mass is 16.5. The fourth-order valence-corrected chi connectivity index (χ4v) is 1.02. The number of esters is 2. The van der Waals surface area contributed by atoms with E-state index in [1.54, 1.807) is 20.8 Å². The molecule has 0 bridgehead atoms. The van der Waals surface area contributed by atoms with Gasteiger partial charge in [0, 0.05) is 11.1 Å². The van der Waals surface area contributed by atoms with E-state index in [1.807, 2.05) is 36.4 Å². The molecule has 1 aromatic rings. The van der Waals surface area contributed by atoms with Gasteiger partial charge in [0.25, 0.3) is 0 Å². The number of rotatable bonds is 4. The number of benzene rings is 1. The fourth-order valence-electron chi connectivity index (χ4n) is 1.02. The van der Waals surface area contributed by atoms with Gasteiger partial charge in [-0.1, -0.05) is 56.1 Å². The molecule has 0 amide bonds. The van der Waals surface area contributed by atoms with Gasteiger partial charge in [-0.15, -0.1) is 0 Å². The lowest BCUT2D eigenvalue weighted by Gasteiger charge is -1.96. The van der Waals surface area contributed by atoms with Gasteiger partial charge >= 0.3 is 11.9 Å². The summed E-state index contributed by atoms with van der Waals surface area (Å²) in [5.74, 6) is -0.660. The van der Waals surface area contributed by atoms with E-state index < -0.39 is 0 Å². The molecule has 0 N–H and O–H groups in total. The van der Waals surface area contributed by atoms with Crippen LogP contribution >= 0.6 is 0 Å². The van der Waals surface area contributed by atoms with E-state index in [9.17, 15) is 9.59 Å². The standard InChI is InChI=1S/C8H8.C6H10O2.C5H8O2/c1-2-8-6-4-3-5-7-8;1-4-8-6(7)5(2)3;1-4(2)5(6)7-3/h2-7H,1H2;2,4H2,1,3H3;1H2,2-3H3. The Bertz CT molecular complexity index is 515. The molecule has 0 saturated carbocycles. The first-order valence-corrected chi connectivity index (χ1v) is 7.04. The smallest absolute Gasteiger partial charge is 0.333 e. The van der Waals surface area contributed by atoms with E-state index in [0.717, 1.165) is 0 Å². The molecule has 0 aliphatic rings. The fraction of sp³-hybridized carbons (Fsp3) is 0.263. The van der Waals surface area contributed by atoms with E-state index in [4.69, 9.17) is 0 Å². The van der Waals surface area contributed by atoms with Crippen molar-refractivity contribution in [1.82, 2.24) is 0 Å². The minimum absolute atomic E-state index is 0.312. The Kier molecular flexibility index (Phi) is 14.1. The van der Waals surface area contributed by atoms with E-state index in [2.05, 4.69) is 29.2 Å². The van der Waals surface area contributed by atoms with Crippen molar-refractivity contribution in [2.24, 2.45) is 0 Å². The Morgan fingerprint density at radius 2 is 1.52 bits per heavy atom. The molecule has 0 aromatic heterocycles. The maximum atomic E-state index is 10.4. The van der Waals surface area contributed by atoms with Crippen molar-refractivity contribution < 1.29 is 19.1 Å². The van der Waals surface area contributed by atoms with Crippen molar-refractivity contribution in [2.45, 2.75) is 20.8 Å². The van der Waals surface area contributed by atoms with E-state index >= 15 is 0 Å². The molecule has 0 atom stereocenters. The molecular formula is C19H26O4. The SMILES string of the molecule is C=C(C)C(=O)OC.C=C(C)C(=O)OCC.C=Cc1ccccc1. The molecule has 0 radical (unpaired) electrons. The van der Waals surface area contributed by atoms with Crippen LogP contribution < -0.4 is 0 Å². The largest absolute Gasteiger partial charge is 0.466 e. The van der Waals surface area contributed by atoms with E-state index in [1.165, 1.54) is 12.7 Å². The lowest BCUT2D eigenvalue weighted by atomic mass is 10.2. The van der Waals surface area contributed by atoms with Gasteiger partial charge in [-0.25, -0.2) is 9.59 Å². The highest BCUT2D eigenvalue weighted by Gasteiger charge is 1.98. The normalized spacial score (nSPS) is 8.17. The molecule has 4 nitrogen and oxygen atoms in total. The summed E-state index contributed by atoms with van der Waals surface area (Å²) in [7, 11) is 1.33. The zero-order valence-electron chi connectivity index (χ0n) is 14.4. The summed E-state index contributed by atoms with van der Waals surface area (Å²) in [4.78, 5) is 20.6. The van der Waals surface area contributed by atoms with Crippen LogP contribution in [0.3, 0.4) is 0 Å². The maximum Gasteiger partial charge on any atom is 0.333 e. The van der Waals surface area contributed by atoms with Crippen molar-refractivity contribution in [2.75, 3.05) is 13.7 Å². The van der Waals surface area contributed by atoms with Crippen LogP contribution in [-0.2, 0) is 19.1 Å². The minimum Gasteiger partial charge on any atom is -0.466 e. The molecule has 0 unspecified atom stereocenters. The Balaban J connectivity index is 0. The van der Waals surface area contributed by atoms with Crippen molar-refractivity contribution >= 4 is 18.0 Å². The zero-order valence-corrected chi connectivity index (χ0v) is 14.4. The molecule has 4 heteroatoms. The summed E-state index contributed by atoms with van der Waals surface area (Å²) in [6.45, 7) is 15.8. The van der Waals surface area contributed by atoms with Crippen molar-refractivity contribution in [3.63, 3.8) is 0 Å². The summed E-state index contributed by atoms with van der Waals surface area (Å²) in [5, 5.41) is 0. The summed E-state index contributed by atoms with van der Waals surface area (Å²) in [6.07, 6.45) is 1.83. The van der Waals surface area contributed by atoms with Crippen molar-refractivity contribution in [1.29, 1.82) is 0 Å². The average molecular weight is 318 g/mol. The molecule has 0 saturated heterocycles. The Morgan fingerprint density at radius 1 is 1.04 bits per heavy atom. The average Bonchev–Trinajstić information content (AvgIpc) is 2.56. The summed E-state index contributed by atoms with van der Waals surface area (Å²) in [5.41, 5.74) is 2.06. The molecule has 1 aromatic carbocycles. The number of methoxy groups -OCH3 is 1. The van der Waals surface area contributed by atoms with E-state index in [0.29, 0.717) is 17.8 Å². The second kappa shape index (κ2) is 14.3.